The van der Waals surface area contributed by atoms with Crippen molar-refractivity contribution in [3.05, 3.63) is 59.4 Å². The van der Waals surface area contributed by atoms with Gasteiger partial charge in [-0.2, -0.15) is 0 Å². The minimum Gasteiger partial charge on any atom is -0.508 e. The Bertz CT molecular complexity index is 579. The molecule has 0 heterocycles. The molecule has 2 rings (SSSR count). The lowest BCUT2D eigenvalue weighted by Crippen LogP contribution is -2.04. The summed E-state index contributed by atoms with van der Waals surface area (Å²) in [6, 6.07) is 9.06. The number of hydrogen-bond donors (Lipinski definition) is 2. The molecule has 0 atom stereocenters. The summed E-state index contributed by atoms with van der Waals surface area (Å²) in [5.41, 5.74) is -0.165. The highest BCUT2D eigenvalue weighted by Crippen LogP contribution is 2.25. The predicted molar refractivity (Wildman–Crippen MR) is 59.6 cm³/mol. The quantitative estimate of drug-likeness (QED) is 0.782. The molecule has 0 amide bonds. The van der Waals surface area contributed by atoms with Gasteiger partial charge >= 0.3 is 0 Å². The first-order valence-corrected chi connectivity index (χ1v) is 4.91. The van der Waals surface area contributed by atoms with E-state index < -0.39 is 11.6 Å². The second-order valence-electron chi connectivity index (χ2n) is 3.51. The molecule has 2 N–H and O–H groups in total. The zero-order valence-corrected chi connectivity index (χ0v) is 8.72. The molecule has 0 spiro atoms. The molecular weight excluding hydrogens is 223 g/mol. The van der Waals surface area contributed by atoms with Crippen LogP contribution in [0.15, 0.2) is 42.5 Å². The van der Waals surface area contributed by atoms with Gasteiger partial charge in [0.25, 0.3) is 0 Å². The Kier molecular flexibility index (Phi) is 2.78. The smallest absolute Gasteiger partial charge is 0.199 e. The van der Waals surface area contributed by atoms with Crippen LogP contribution < -0.4 is 0 Å². The van der Waals surface area contributed by atoms with Gasteiger partial charge < -0.3 is 10.2 Å². The third-order valence-electron chi connectivity index (χ3n) is 2.34. The summed E-state index contributed by atoms with van der Waals surface area (Å²) in [6.45, 7) is 0. The maximum atomic E-state index is 13.4. The van der Waals surface area contributed by atoms with Gasteiger partial charge in [-0.3, -0.25) is 4.79 Å². The third-order valence-corrected chi connectivity index (χ3v) is 2.34. The van der Waals surface area contributed by atoms with E-state index in [1.54, 1.807) is 0 Å². The van der Waals surface area contributed by atoms with Crippen molar-refractivity contribution in [2.24, 2.45) is 0 Å². The molecule has 0 aliphatic rings. The van der Waals surface area contributed by atoms with E-state index in [4.69, 9.17) is 5.11 Å². The average Bonchev–Trinajstić information content (AvgIpc) is 2.29. The standard InChI is InChI=1S/C13H9FO3/c14-11-4-2-1-3-9(11)13(17)10-6-5-8(15)7-12(10)16/h1-7,15-16H. The Morgan fingerprint density at radius 2 is 1.71 bits per heavy atom. The largest absolute Gasteiger partial charge is 0.508 e. The van der Waals surface area contributed by atoms with E-state index in [1.807, 2.05) is 0 Å². The lowest BCUT2D eigenvalue weighted by atomic mass is 10.0. The molecule has 2 aromatic rings. The number of halogens is 1. The van der Waals surface area contributed by atoms with Gasteiger partial charge in [0.1, 0.15) is 17.3 Å². The van der Waals surface area contributed by atoms with Crippen LogP contribution in [0.5, 0.6) is 11.5 Å². The first-order chi connectivity index (χ1) is 8.09. The molecule has 0 aliphatic heterocycles. The molecule has 4 heteroatoms. The van der Waals surface area contributed by atoms with Crippen molar-refractivity contribution in [2.75, 3.05) is 0 Å². The first-order valence-electron chi connectivity index (χ1n) is 4.91. The Hall–Kier alpha value is -2.36. The highest BCUT2D eigenvalue weighted by molar-refractivity contribution is 6.10. The van der Waals surface area contributed by atoms with Crippen LogP contribution >= 0.6 is 0 Å². The van der Waals surface area contributed by atoms with Crippen LogP contribution in [0.25, 0.3) is 0 Å². The number of carbonyl (C=O) groups is 1. The fraction of sp³-hybridized carbons (Fsp3) is 0. The number of aromatic hydroxyl groups is 2. The maximum Gasteiger partial charge on any atom is 0.199 e. The number of carbonyl (C=O) groups excluding carboxylic acids is 1. The van der Waals surface area contributed by atoms with Crippen LogP contribution in [0.1, 0.15) is 15.9 Å². The normalized spacial score (nSPS) is 10.2. The number of ketones is 1. The summed E-state index contributed by atoms with van der Waals surface area (Å²) in [5.74, 6) is -1.81. The van der Waals surface area contributed by atoms with Gasteiger partial charge in [0, 0.05) is 6.07 Å². The van der Waals surface area contributed by atoms with Gasteiger partial charge in [-0.15, -0.1) is 0 Å². The molecule has 2 aromatic carbocycles. The third kappa shape index (κ3) is 2.10. The molecule has 3 nitrogen and oxygen atoms in total. The Morgan fingerprint density at radius 3 is 2.35 bits per heavy atom. The monoisotopic (exact) mass is 232 g/mol. The minimum atomic E-state index is -0.648. The van der Waals surface area contributed by atoms with E-state index in [9.17, 15) is 14.3 Å². The SMILES string of the molecule is O=C(c1ccc(O)cc1O)c1ccccc1F. The van der Waals surface area contributed by atoms with Gasteiger partial charge in [0.15, 0.2) is 5.78 Å². The van der Waals surface area contributed by atoms with Crippen molar-refractivity contribution in [2.45, 2.75) is 0 Å². The van der Waals surface area contributed by atoms with Crippen molar-refractivity contribution in [3.8, 4) is 11.5 Å². The number of phenols is 2. The van der Waals surface area contributed by atoms with Gasteiger partial charge in [-0.25, -0.2) is 4.39 Å². The molecule has 0 bridgehead atoms. The van der Waals surface area contributed by atoms with Crippen LogP contribution in [0.4, 0.5) is 4.39 Å². The lowest BCUT2D eigenvalue weighted by molar-refractivity contribution is 0.103. The number of hydrogen-bond acceptors (Lipinski definition) is 3. The Morgan fingerprint density at radius 1 is 1.00 bits per heavy atom. The maximum absolute atomic E-state index is 13.4. The molecule has 0 saturated heterocycles. The van der Waals surface area contributed by atoms with Crippen LogP contribution in [0.3, 0.4) is 0 Å². The fourth-order valence-corrected chi connectivity index (χ4v) is 1.50. The summed E-state index contributed by atoms with van der Waals surface area (Å²) >= 11 is 0. The van der Waals surface area contributed by atoms with E-state index in [2.05, 4.69) is 0 Å². The number of benzene rings is 2. The van der Waals surface area contributed by atoms with E-state index >= 15 is 0 Å². The highest BCUT2D eigenvalue weighted by atomic mass is 19.1. The number of phenolic OH excluding ortho intramolecular Hbond substituents is 2. The molecule has 0 fully saturated rings. The van der Waals surface area contributed by atoms with Gasteiger partial charge in [-0.1, -0.05) is 12.1 Å². The summed E-state index contributed by atoms with van der Waals surface area (Å²) in [5, 5.41) is 18.6. The minimum absolute atomic E-state index is 0.0482. The zero-order valence-electron chi connectivity index (χ0n) is 8.72. The summed E-state index contributed by atoms with van der Waals surface area (Å²) in [7, 11) is 0. The molecule has 0 unspecified atom stereocenters. The molecule has 0 aromatic heterocycles. The van der Waals surface area contributed by atoms with Crippen molar-refractivity contribution in [1.82, 2.24) is 0 Å². The van der Waals surface area contributed by atoms with E-state index in [-0.39, 0.29) is 22.6 Å². The second kappa shape index (κ2) is 4.25. The van der Waals surface area contributed by atoms with Crippen LogP contribution in [-0.2, 0) is 0 Å². The van der Waals surface area contributed by atoms with Crippen LogP contribution in [-0.4, -0.2) is 16.0 Å². The Balaban J connectivity index is 2.48. The highest BCUT2D eigenvalue weighted by Gasteiger charge is 2.16. The Labute approximate surface area is 96.8 Å². The predicted octanol–water partition coefficient (Wildman–Crippen LogP) is 2.47. The topological polar surface area (TPSA) is 57.5 Å². The molecule has 0 aliphatic carbocycles. The van der Waals surface area contributed by atoms with Crippen molar-refractivity contribution >= 4 is 5.78 Å². The second-order valence-corrected chi connectivity index (χ2v) is 3.51. The van der Waals surface area contributed by atoms with Gasteiger partial charge in [-0.05, 0) is 24.3 Å². The van der Waals surface area contributed by atoms with E-state index in [1.165, 1.54) is 36.4 Å². The fourth-order valence-electron chi connectivity index (χ4n) is 1.50. The van der Waals surface area contributed by atoms with Crippen LogP contribution in [0, 0.1) is 5.82 Å². The molecular formula is C13H9FO3. The molecule has 0 saturated carbocycles. The molecule has 0 radical (unpaired) electrons. The number of rotatable bonds is 2. The summed E-state index contributed by atoms with van der Waals surface area (Å²) < 4.78 is 13.4. The molecule has 86 valence electrons. The average molecular weight is 232 g/mol. The van der Waals surface area contributed by atoms with Crippen molar-refractivity contribution in [3.63, 3.8) is 0 Å². The van der Waals surface area contributed by atoms with E-state index in [0.717, 1.165) is 6.07 Å². The molecule has 17 heavy (non-hydrogen) atoms. The van der Waals surface area contributed by atoms with E-state index in [0.29, 0.717) is 0 Å². The summed E-state index contributed by atoms with van der Waals surface area (Å²) in [4.78, 5) is 11.9. The zero-order chi connectivity index (χ0) is 12.4. The lowest BCUT2D eigenvalue weighted by Gasteiger charge is -2.05. The van der Waals surface area contributed by atoms with Gasteiger partial charge in [0.2, 0.25) is 0 Å². The van der Waals surface area contributed by atoms with Crippen molar-refractivity contribution in [1.29, 1.82) is 0 Å². The van der Waals surface area contributed by atoms with Crippen molar-refractivity contribution < 1.29 is 19.4 Å². The van der Waals surface area contributed by atoms with Crippen LogP contribution in [0.2, 0.25) is 0 Å². The summed E-state index contributed by atoms with van der Waals surface area (Å²) in [6.07, 6.45) is 0. The first kappa shape index (κ1) is 11.1. The van der Waals surface area contributed by atoms with Gasteiger partial charge in [0.05, 0.1) is 11.1 Å².